The van der Waals surface area contributed by atoms with Gasteiger partial charge < -0.3 is 30.6 Å². The van der Waals surface area contributed by atoms with Crippen molar-refractivity contribution in [1.29, 1.82) is 0 Å². The zero-order chi connectivity index (χ0) is 58.4. The summed E-state index contributed by atoms with van der Waals surface area (Å²) in [5.74, 6) is 2.61. The minimum atomic E-state index is -0.701. The van der Waals surface area contributed by atoms with Gasteiger partial charge in [-0.2, -0.15) is 0 Å². The van der Waals surface area contributed by atoms with Gasteiger partial charge in [-0.15, -0.1) is 0 Å². The van der Waals surface area contributed by atoms with Crippen molar-refractivity contribution in [2.24, 2.45) is 16.6 Å². The van der Waals surface area contributed by atoms with Crippen molar-refractivity contribution < 1.29 is 23.8 Å². The van der Waals surface area contributed by atoms with Crippen LogP contribution >= 0.6 is 0 Å². The first-order valence-electron chi connectivity index (χ1n) is 29.0. The number of ether oxygens (including phenoxy) is 3. The predicted molar refractivity (Wildman–Crippen MR) is 341 cm³/mol. The summed E-state index contributed by atoms with van der Waals surface area (Å²) in [5.41, 5.74) is 15.8. The predicted octanol–water partition coefficient (Wildman–Crippen LogP) is 20.9. The van der Waals surface area contributed by atoms with Crippen LogP contribution in [0.4, 0.5) is 17.1 Å². The Balaban J connectivity index is 1.22. The minimum Gasteiger partial charge on any atom is -0.457 e. The first-order valence-corrected chi connectivity index (χ1v) is 29.0. The van der Waals surface area contributed by atoms with Crippen LogP contribution in [0.15, 0.2) is 152 Å². The molecule has 0 aromatic heterocycles. The van der Waals surface area contributed by atoms with Crippen LogP contribution in [0.5, 0.6) is 34.5 Å². The van der Waals surface area contributed by atoms with E-state index in [4.69, 9.17) is 19.9 Å². The van der Waals surface area contributed by atoms with Gasteiger partial charge in [0.2, 0.25) is 5.91 Å². The Labute approximate surface area is 483 Å². The van der Waals surface area contributed by atoms with Gasteiger partial charge in [-0.05, 0) is 150 Å². The van der Waals surface area contributed by atoms with Crippen molar-refractivity contribution in [3.8, 4) is 45.6 Å². The van der Waals surface area contributed by atoms with Gasteiger partial charge in [0.25, 0.3) is 5.91 Å². The number of primary amides is 1. The summed E-state index contributed by atoms with van der Waals surface area (Å²) < 4.78 is 21.0. The third-order valence-corrected chi connectivity index (χ3v) is 16.4. The number of benzene rings is 10. The Hall–Kier alpha value is -8.36. The fraction of sp³-hybridized carbons (Fsp3) is 0.297. The average Bonchev–Trinajstić information content (AvgIpc) is 1.47. The smallest absolute Gasteiger partial charge is 0.256 e. The van der Waals surface area contributed by atoms with Gasteiger partial charge in [-0.3, -0.25) is 9.59 Å². The molecule has 0 radical (unpaired) electrons. The van der Waals surface area contributed by atoms with Crippen molar-refractivity contribution in [1.82, 2.24) is 0 Å². The molecule has 1 heterocycles. The number of fused-ring (bicyclic) bond motifs is 4. The number of rotatable bonds is 14. The van der Waals surface area contributed by atoms with E-state index in [1.807, 2.05) is 66.7 Å². The fourth-order valence-corrected chi connectivity index (χ4v) is 13.5. The van der Waals surface area contributed by atoms with Crippen LogP contribution < -0.4 is 30.6 Å². The van der Waals surface area contributed by atoms with Crippen molar-refractivity contribution >= 4 is 72.0 Å². The fourth-order valence-electron chi connectivity index (χ4n) is 13.5. The number of para-hydroxylation sites is 4. The number of anilines is 3. The van der Waals surface area contributed by atoms with Crippen molar-refractivity contribution in [2.75, 3.05) is 10.6 Å². The third kappa shape index (κ3) is 10.4. The number of carbonyl (C=O) groups excluding carboxylic acids is 2. The Kier molecular flexibility index (Phi) is 13.9. The highest BCUT2D eigenvalue weighted by Gasteiger charge is 2.33. The van der Waals surface area contributed by atoms with E-state index in [2.05, 4.69) is 186 Å². The van der Waals surface area contributed by atoms with E-state index in [-0.39, 0.29) is 44.6 Å². The van der Waals surface area contributed by atoms with E-state index in [1.165, 1.54) is 11.1 Å². The van der Waals surface area contributed by atoms with Gasteiger partial charge in [0.05, 0.1) is 22.5 Å². The number of hydrogen-bond donors (Lipinski definition) is 3. The van der Waals surface area contributed by atoms with Crippen molar-refractivity contribution in [3.63, 3.8) is 0 Å². The molecule has 0 atom stereocenters. The summed E-state index contributed by atoms with van der Waals surface area (Å²) in [5, 5.41) is 13.2. The summed E-state index contributed by atoms with van der Waals surface area (Å²) >= 11 is 0. The maximum absolute atomic E-state index is 15.8. The standard InChI is InChI=1S/C74H77N3O5/c1-42(2)48-20-17-21-49(43(3)4)67(48)77-70(79)56-39-61(81-47-34-30-45(31-35-47)74(13,14)41-72(8,9)10)64-53-24-18-22-51-50(52-23-19-27-59-68(52)76-57-25-15-16-26-58(57)82-59)36-37-54(62(51)53)65-60(38-55(69(75)78)63(56)66(64)65)80-46-32-28-44(29-33-46)73(11,12)40-71(5,6)7/h15-39,42-43,76H,40-41H2,1-14H3,(H2,75,78)(H,77,79). The normalized spacial score (nSPS) is 12.9. The summed E-state index contributed by atoms with van der Waals surface area (Å²) in [7, 11) is 0. The van der Waals surface area contributed by atoms with E-state index in [9.17, 15) is 4.79 Å². The molecule has 0 unspecified atom stereocenters. The summed E-state index contributed by atoms with van der Waals surface area (Å²) in [6, 6.07) is 51.1. The SMILES string of the molecule is CC(C)c1cccc(C(C)C)c1NC(=O)c1cc(Oc2ccc(C(C)(C)CC(C)(C)C)cc2)c2c3cccc4c(-c5cccc6c5Nc5ccccc5O6)ccc(c5c(Oc6ccc(C(C)(C)CC(C)(C)C)cc6)cc(C(N)=O)c1c52)c43. The molecule has 8 nitrogen and oxygen atoms in total. The molecule has 0 spiro atoms. The molecule has 1 aliphatic rings. The molecule has 418 valence electrons. The minimum absolute atomic E-state index is 0.0995. The highest BCUT2D eigenvalue weighted by Crippen LogP contribution is 2.54. The molecular weight excluding hydrogens is 1010 g/mol. The van der Waals surface area contributed by atoms with Crippen LogP contribution in [-0.2, 0) is 10.8 Å². The topological polar surface area (TPSA) is 112 Å². The quantitative estimate of drug-likeness (QED) is 0.0739. The van der Waals surface area contributed by atoms with Crippen LogP contribution in [0.1, 0.15) is 165 Å². The highest BCUT2D eigenvalue weighted by molar-refractivity contribution is 6.40. The molecule has 0 bridgehead atoms. The molecule has 82 heavy (non-hydrogen) atoms. The Morgan fingerprint density at radius 1 is 0.512 bits per heavy atom. The first-order chi connectivity index (χ1) is 38.8. The lowest BCUT2D eigenvalue weighted by Gasteiger charge is -2.33. The first kappa shape index (κ1) is 55.5. The number of nitrogens with two attached hydrogens (primary N) is 1. The lowest BCUT2D eigenvalue weighted by molar-refractivity contribution is 0.100. The highest BCUT2D eigenvalue weighted by atomic mass is 16.5. The maximum Gasteiger partial charge on any atom is 0.256 e. The molecule has 1 aliphatic heterocycles. The van der Waals surface area contributed by atoms with Crippen molar-refractivity contribution in [2.45, 2.75) is 132 Å². The van der Waals surface area contributed by atoms with Gasteiger partial charge in [-0.1, -0.05) is 194 Å². The molecule has 8 heteroatoms. The average molecular weight is 1090 g/mol. The zero-order valence-electron chi connectivity index (χ0n) is 50.1. The number of nitrogens with one attached hydrogen (secondary N) is 2. The Morgan fingerprint density at radius 2 is 1.01 bits per heavy atom. The largest absolute Gasteiger partial charge is 0.457 e. The van der Waals surface area contributed by atoms with Gasteiger partial charge in [0.1, 0.15) is 23.0 Å². The molecule has 11 rings (SSSR count). The van der Waals surface area contributed by atoms with E-state index >= 15 is 4.79 Å². The lowest BCUT2D eigenvalue weighted by Crippen LogP contribution is -2.24. The molecule has 0 saturated heterocycles. The number of hydrogen-bond acceptors (Lipinski definition) is 6. The molecule has 10 aromatic rings. The second-order valence-electron chi connectivity index (χ2n) is 27.1. The van der Waals surface area contributed by atoms with Gasteiger partial charge in [-0.25, -0.2) is 0 Å². The van der Waals surface area contributed by atoms with Crippen LogP contribution in [0.2, 0.25) is 0 Å². The van der Waals surface area contributed by atoms with Gasteiger partial charge >= 0.3 is 0 Å². The summed E-state index contributed by atoms with van der Waals surface area (Å²) in [6.07, 6.45) is 1.96. The van der Waals surface area contributed by atoms with Crippen molar-refractivity contribution in [3.05, 3.63) is 185 Å². The zero-order valence-corrected chi connectivity index (χ0v) is 50.1. The number of amides is 2. The molecule has 0 aliphatic carbocycles. The van der Waals surface area contributed by atoms with Crippen LogP contribution in [0.25, 0.3) is 54.2 Å². The summed E-state index contributed by atoms with van der Waals surface area (Å²) in [4.78, 5) is 30.2. The van der Waals surface area contributed by atoms with E-state index in [0.29, 0.717) is 44.5 Å². The van der Waals surface area contributed by atoms with Crippen LogP contribution in [-0.4, -0.2) is 11.8 Å². The van der Waals surface area contributed by atoms with Crippen LogP contribution in [0.3, 0.4) is 0 Å². The van der Waals surface area contributed by atoms with Crippen LogP contribution in [0, 0.1) is 10.8 Å². The molecule has 2 amide bonds. The lowest BCUT2D eigenvalue weighted by atomic mass is 9.72. The maximum atomic E-state index is 15.8. The van der Waals surface area contributed by atoms with Gasteiger partial charge in [0.15, 0.2) is 11.5 Å². The summed E-state index contributed by atoms with van der Waals surface area (Å²) in [6.45, 7) is 31.3. The Bertz CT molecular complexity index is 4090. The van der Waals surface area contributed by atoms with Gasteiger partial charge in [0, 0.05) is 32.8 Å². The Morgan fingerprint density at radius 3 is 1.56 bits per heavy atom. The number of carbonyl (C=O) groups is 2. The molecule has 0 fully saturated rings. The molecular formula is C74H77N3O5. The second kappa shape index (κ2) is 20.6. The molecule has 10 aromatic carbocycles. The van der Waals surface area contributed by atoms with E-state index in [1.54, 1.807) is 6.07 Å². The molecule has 4 N–H and O–H groups in total. The third-order valence-electron chi connectivity index (χ3n) is 16.4. The molecule has 0 saturated carbocycles. The monoisotopic (exact) mass is 1090 g/mol. The second-order valence-corrected chi connectivity index (χ2v) is 27.1. The van der Waals surface area contributed by atoms with E-state index in [0.717, 1.165) is 85.2 Å². The van der Waals surface area contributed by atoms with E-state index < -0.39 is 11.8 Å².